The molecule has 1 unspecified atom stereocenters. The molecule has 0 rings (SSSR count). The van der Waals surface area contributed by atoms with Crippen molar-refractivity contribution in [2.24, 2.45) is 0 Å². The lowest BCUT2D eigenvalue weighted by Gasteiger charge is -2.16. The van der Waals surface area contributed by atoms with Crippen molar-refractivity contribution in [1.82, 2.24) is 0 Å². The minimum atomic E-state index is -0.0377. The largest absolute Gasteiger partial charge is 0.466 e. The zero-order valence-electron chi connectivity index (χ0n) is 23.9. The summed E-state index contributed by atoms with van der Waals surface area (Å²) >= 11 is 0. The van der Waals surface area contributed by atoms with Gasteiger partial charge in [0.25, 0.3) is 0 Å². The Morgan fingerprint density at radius 1 is 0.514 bits per heavy atom. The van der Waals surface area contributed by atoms with E-state index in [-0.39, 0.29) is 18.0 Å². The third-order valence-electron chi connectivity index (χ3n) is 6.91. The number of ether oxygens (including phenoxy) is 2. The molecule has 208 valence electrons. The molecule has 0 fully saturated rings. The Bertz CT molecular complexity index is 463. The van der Waals surface area contributed by atoms with E-state index in [0.717, 1.165) is 64.2 Å². The van der Waals surface area contributed by atoms with Crippen LogP contribution in [-0.4, -0.2) is 24.6 Å². The summed E-state index contributed by atoms with van der Waals surface area (Å²) in [6.45, 7) is 7.14. The molecule has 0 aliphatic heterocycles. The van der Waals surface area contributed by atoms with Crippen molar-refractivity contribution in [2.75, 3.05) is 6.61 Å². The Morgan fingerprint density at radius 2 is 0.943 bits per heavy atom. The van der Waals surface area contributed by atoms with Gasteiger partial charge in [0.2, 0.25) is 0 Å². The van der Waals surface area contributed by atoms with Crippen LogP contribution in [0.15, 0.2) is 0 Å². The van der Waals surface area contributed by atoms with Gasteiger partial charge in [0.1, 0.15) is 6.10 Å². The van der Waals surface area contributed by atoms with E-state index < -0.39 is 0 Å². The smallest absolute Gasteiger partial charge is 0.306 e. The minimum Gasteiger partial charge on any atom is -0.466 e. The van der Waals surface area contributed by atoms with E-state index in [1.165, 1.54) is 77.0 Å². The van der Waals surface area contributed by atoms with E-state index >= 15 is 0 Å². The van der Waals surface area contributed by atoms with Gasteiger partial charge >= 0.3 is 11.9 Å². The summed E-state index contributed by atoms with van der Waals surface area (Å²) in [6, 6.07) is 0. The fourth-order valence-corrected chi connectivity index (χ4v) is 4.48. The molecule has 0 saturated heterocycles. The number of hydrogen-bond donors (Lipinski definition) is 0. The number of rotatable bonds is 27. The van der Waals surface area contributed by atoms with Gasteiger partial charge in [-0.05, 0) is 38.5 Å². The lowest BCUT2D eigenvalue weighted by atomic mass is 10.1. The maximum absolute atomic E-state index is 12.0. The summed E-state index contributed by atoms with van der Waals surface area (Å²) in [6.07, 6.45) is 27.2. The molecule has 0 aromatic heterocycles. The predicted octanol–water partition coefficient (Wildman–Crippen LogP) is 9.86. The molecule has 0 amide bonds. The van der Waals surface area contributed by atoms with Crippen LogP contribution in [0.25, 0.3) is 0 Å². The normalized spacial score (nSPS) is 12.0. The Morgan fingerprint density at radius 3 is 1.46 bits per heavy atom. The average Bonchev–Trinajstić information content (AvgIpc) is 2.85. The van der Waals surface area contributed by atoms with Crippen molar-refractivity contribution in [2.45, 2.75) is 181 Å². The summed E-state index contributed by atoms with van der Waals surface area (Å²) in [4.78, 5) is 23.9. The summed E-state index contributed by atoms with van der Waals surface area (Å²) in [5.74, 6) is -0.0712. The standard InChI is InChI=1S/C31H60O4/c1-4-7-9-10-11-12-13-14-17-20-24-28-34-30(32)26-22-18-15-16-19-23-27-31(33)35-29(6-3)25-21-8-5-2/h29H,4-28H2,1-3H3. The molecule has 0 saturated carbocycles. The van der Waals surface area contributed by atoms with Crippen LogP contribution in [0.3, 0.4) is 0 Å². The van der Waals surface area contributed by atoms with Crippen LogP contribution in [0, 0.1) is 0 Å². The Balaban J connectivity index is 3.38. The molecule has 0 N–H and O–H groups in total. The van der Waals surface area contributed by atoms with Crippen molar-refractivity contribution in [1.29, 1.82) is 0 Å². The average molecular weight is 497 g/mol. The highest BCUT2D eigenvalue weighted by molar-refractivity contribution is 5.69. The Hall–Kier alpha value is -1.06. The van der Waals surface area contributed by atoms with Gasteiger partial charge in [0.15, 0.2) is 0 Å². The van der Waals surface area contributed by atoms with Crippen molar-refractivity contribution >= 4 is 11.9 Å². The molecule has 0 bridgehead atoms. The fourth-order valence-electron chi connectivity index (χ4n) is 4.48. The molecule has 0 heterocycles. The third-order valence-corrected chi connectivity index (χ3v) is 6.91. The second-order valence-electron chi connectivity index (χ2n) is 10.4. The van der Waals surface area contributed by atoms with E-state index in [0.29, 0.717) is 19.4 Å². The molecule has 4 nitrogen and oxygen atoms in total. The van der Waals surface area contributed by atoms with E-state index in [9.17, 15) is 9.59 Å². The van der Waals surface area contributed by atoms with Crippen molar-refractivity contribution in [3.63, 3.8) is 0 Å². The Kier molecular flexibility index (Phi) is 26.7. The van der Waals surface area contributed by atoms with Crippen molar-refractivity contribution < 1.29 is 19.1 Å². The maximum atomic E-state index is 12.0. The Labute approximate surface area is 218 Å². The van der Waals surface area contributed by atoms with Crippen LogP contribution in [-0.2, 0) is 19.1 Å². The van der Waals surface area contributed by atoms with E-state index in [1.54, 1.807) is 0 Å². The van der Waals surface area contributed by atoms with Gasteiger partial charge in [-0.1, -0.05) is 124 Å². The van der Waals surface area contributed by atoms with Gasteiger partial charge in [0, 0.05) is 12.8 Å². The maximum Gasteiger partial charge on any atom is 0.306 e. The number of carbonyl (C=O) groups is 2. The molecule has 0 spiro atoms. The highest BCUT2D eigenvalue weighted by Crippen LogP contribution is 2.14. The molecule has 1 atom stereocenters. The van der Waals surface area contributed by atoms with E-state index in [1.807, 2.05) is 0 Å². The van der Waals surface area contributed by atoms with Crippen molar-refractivity contribution in [3.8, 4) is 0 Å². The first-order valence-electron chi connectivity index (χ1n) is 15.5. The van der Waals surface area contributed by atoms with Crippen LogP contribution in [0.4, 0.5) is 0 Å². The first kappa shape index (κ1) is 33.9. The van der Waals surface area contributed by atoms with E-state index in [4.69, 9.17) is 9.47 Å². The minimum absolute atomic E-state index is 0.0334. The monoisotopic (exact) mass is 496 g/mol. The van der Waals surface area contributed by atoms with Gasteiger partial charge in [-0.25, -0.2) is 0 Å². The van der Waals surface area contributed by atoms with Crippen molar-refractivity contribution in [3.05, 3.63) is 0 Å². The highest BCUT2D eigenvalue weighted by atomic mass is 16.5. The quantitative estimate of drug-likeness (QED) is 0.0838. The van der Waals surface area contributed by atoms with Crippen LogP contribution in [0.5, 0.6) is 0 Å². The van der Waals surface area contributed by atoms with E-state index in [2.05, 4.69) is 20.8 Å². The number of unbranched alkanes of at least 4 members (excludes halogenated alkanes) is 17. The zero-order valence-corrected chi connectivity index (χ0v) is 23.9. The van der Waals surface area contributed by atoms with Crippen LogP contribution >= 0.6 is 0 Å². The van der Waals surface area contributed by atoms with Crippen LogP contribution < -0.4 is 0 Å². The lowest BCUT2D eigenvalue weighted by Crippen LogP contribution is -2.17. The molecule has 0 radical (unpaired) electrons. The van der Waals surface area contributed by atoms with Gasteiger partial charge < -0.3 is 9.47 Å². The van der Waals surface area contributed by atoms with Gasteiger partial charge in [-0.2, -0.15) is 0 Å². The highest BCUT2D eigenvalue weighted by Gasteiger charge is 2.12. The molecule has 0 aromatic carbocycles. The number of esters is 2. The lowest BCUT2D eigenvalue weighted by molar-refractivity contribution is -0.149. The summed E-state index contributed by atoms with van der Waals surface area (Å²) in [5, 5.41) is 0. The SMILES string of the molecule is CCCCCCCCCCCCCOC(=O)CCCCCCCCC(=O)OC(CC)CCCCC. The summed E-state index contributed by atoms with van der Waals surface area (Å²) in [7, 11) is 0. The van der Waals surface area contributed by atoms with Gasteiger partial charge in [-0.15, -0.1) is 0 Å². The predicted molar refractivity (Wildman–Crippen MR) is 149 cm³/mol. The molecule has 0 aromatic rings. The first-order valence-corrected chi connectivity index (χ1v) is 15.5. The first-order chi connectivity index (χ1) is 17.1. The number of carbonyl (C=O) groups excluding carboxylic acids is 2. The zero-order chi connectivity index (χ0) is 25.8. The van der Waals surface area contributed by atoms with Crippen LogP contribution in [0.1, 0.15) is 175 Å². The number of hydrogen-bond acceptors (Lipinski definition) is 4. The van der Waals surface area contributed by atoms with Gasteiger partial charge in [-0.3, -0.25) is 9.59 Å². The second-order valence-corrected chi connectivity index (χ2v) is 10.4. The molecule has 0 aliphatic carbocycles. The fraction of sp³-hybridized carbons (Fsp3) is 0.935. The molecular weight excluding hydrogens is 436 g/mol. The molecule has 4 heteroatoms. The van der Waals surface area contributed by atoms with Gasteiger partial charge in [0.05, 0.1) is 6.61 Å². The molecule has 0 aliphatic rings. The topological polar surface area (TPSA) is 52.6 Å². The summed E-state index contributed by atoms with van der Waals surface area (Å²) < 4.78 is 11.0. The third kappa shape index (κ3) is 25.8. The summed E-state index contributed by atoms with van der Waals surface area (Å²) in [5.41, 5.74) is 0. The molecular formula is C31H60O4. The van der Waals surface area contributed by atoms with Crippen LogP contribution in [0.2, 0.25) is 0 Å². The second kappa shape index (κ2) is 27.5. The molecule has 35 heavy (non-hydrogen) atoms.